The van der Waals surface area contributed by atoms with Gasteiger partial charge < -0.3 is 4.90 Å². The van der Waals surface area contributed by atoms with E-state index < -0.39 is 15.8 Å². The highest BCUT2D eigenvalue weighted by Crippen LogP contribution is 2.22. The van der Waals surface area contributed by atoms with Crippen LogP contribution in [0.3, 0.4) is 0 Å². The molecule has 140 valence electrons. The first-order valence-corrected chi connectivity index (χ1v) is 10.3. The van der Waals surface area contributed by atoms with E-state index in [-0.39, 0.29) is 4.90 Å². The molecule has 0 radical (unpaired) electrons. The lowest BCUT2D eigenvalue weighted by Crippen LogP contribution is -2.46. The van der Waals surface area contributed by atoms with Crippen molar-refractivity contribution in [3.63, 3.8) is 0 Å². The van der Waals surface area contributed by atoms with Gasteiger partial charge in [0.15, 0.2) is 0 Å². The van der Waals surface area contributed by atoms with Gasteiger partial charge in [0.2, 0.25) is 0 Å². The summed E-state index contributed by atoms with van der Waals surface area (Å²) in [4.78, 5) is 4.81. The van der Waals surface area contributed by atoms with E-state index in [0.29, 0.717) is 5.69 Å². The number of sulfonamides is 1. The van der Waals surface area contributed by atoms with Gasteiger partial charge in [-0.2, -0.15) is 0 Å². The molecule has 0 saturated carbocycles. The number of nitrogens with zero attached hydrogens (tertiary/aromatic N) is 2. The largest absolute Gasteiger partial charge is 0.369 e. The fraction of sp³-hybridized carbons (Fsp3) is 0.368. The van der Waals surface area contributed by atoms with Crippen LogP contribution < -0.4 is 9.62 Å². The van der Waals surface area contributed by atoms with Crippen molar-refractivity contribution in [2.24, 2.45) is 0 Å². The topological polar surface area (TPSA) is 52.6 Å². The van der Waals surface area contributed by atoms with Crippen LogP contribution in [0, 0.1) is 5.82 Å². The van der Waals surface area contributed by atoms with Crippen LogP contribution in [0.2, 0.25) is 0 Å². The molecule has 1 aliphatic heterocycles. The van der Waals surface area contributed by atoms with Crippen molar-refractivity contribution in [3.05, 3.63) is 54.3 Å². The lowest BCUT2D eigenvalue weighted by atomic mass is 10.2. The molecule has 2 aromatic carbocycles. The summed E-state index contributed by atoms with van der Waals surface area (Å²) in [6, 6.07) is 12.1. The molecule has 1 saturated heterocycles. The lowest BCUT2D eigenvalue weighted by Gasteiger charge is -2.36. The lowest BCUT2D eigenvalue weighted by molar-refractivity contribution is 0.258. The first-order chi connectivity index (χ1) is 12.5. The summed E-state index contributed by atoms with van der Waals surface area (Å²) in [7, 11) is -3.72. The van der Waals surface area contributed by atoms with Crippen LogP contribution >= 0.6 is 0 Å². The van der Waals surface area contributed by atoms with Crippen LogP contribution in [0.5, 0.6) is 0 Å². The van der Waals surface area contributed by atoms with Gasteiger partial charge in [-0.25, -0.2) is 12.8 Å². The van der Waals surface area contributed by atoms with Gasteiger partial charge in [0, 0.05) is 37.6 Å². The molecule has 0 spiro atoms. The molecule has 0 aromatic heterocycles. The van der Waals surface area contributed by atoms with Crippen LogP contribution in [0.4, 0.5) is 15.8 Å². The number of rotatable bonds is 6. The average molecular weight is 377 g/mol. The zero-order valence-electron chi connectivity index (χ0n) is 14.9. The van der Waals surface area contributed by atoms with Gasteiger partial charge in [0.05, 0.1) is 4.90 Å². The van der Waals surface area contributed by atoms with Crippen LogP contribution in [0.1, 0.15) is 13.3 Å². The quantitative estimate of drug-likeness (QED) is 0.840. The van der Waals surface area contributed by atoms with Crippen molar-refractivity contribution in [2.75, 3.05) is 42.3 Å². The van der Waals surface area contributed by atoms with E-state index in [1.165, 1.54) is 18.6 Å². The van der Waals surface area contributed by atoms with Crippen LogP contribution in [-0.2, 0) is 10.0 Å². The Labute approximate surface area is 154 Å². The molecule has 0 aliphatic carbocycles. The SMILES string of the molecule is CCCN1CCN(c2ccc(NS(=O)(=O)c3ccc(F)cc3)cc2)CC1. The van der Waals surface area contributed by atoms with E-state index in [9.17, 15) is 12.8 Å². The number of piperazine rings is 1. The van der Waals surface area contributed by atoms with E-state index in [2.05, 4.69) is 21.4 Å². The summed E-state index contributed by atoms with van der Waals surface area (Å²) in [5.41, 5.74) is 1.58. The minimum atomic E-state index is -3.72. The molecule has 0 atom stereocenters. The van der Waals surface area contributed by atoms with Crippen LogP contribution in [-0.4, -0.2) is 46.0 Å². The maximum absolute atomic E-state index is 13.0. The molecule has 26 heavy (non-hydrogen) atoms. The van der Waals surface area contributed by atoms with Crippen molar-refractivity contribution in [1.29, 1.82) is 0 Å². The molecule has 1 N–H and O–H groups in total. The first kappa shape index (κ1) is 18.7. The molecule has 0 amide bonds. The molecule has 1 aliphatic rings. The van der Waals surface area contributed by atoms with Gasteiger partial charge >= 0.3 is 0 Å². The zero-order chi connectivity index (χ0) is 18.6. The Morgan fingerprint density at radius 1 is 0.962 bits per heavy atom. The Balaban J connectivity index is 1.64. The van der Waals surface area contributed by atoms with E-state index in [0.717, 1.165) is 50.5 Å². The number of halogens is 1. The van der Waals surface area contributed by atoms with Gasteiger partial charge in [-0.05, 0) is 61.5 Å². The van der Waals surface area contributed by atoms with Crippen LogP contribution in [0.25, 0.3) is 0 Å². The molecule has 1 fully saturated rings. The third kappa shape index (κ3) is 4.53. The van der Waals surface area contributed by atoms with E-state index in [1.807, 2.05) is 12.1 Å². The molecule has 3 rings (SSSR count). The summed E-state index contributed by atoms with van der Waals surface area (Å²) in [6.07, 6.45) is 1.17. The number of hydrogen-bond donors (Lipinski definition) is 1. The summed E-state index contributed by atoms with van der Waals surface area (Å²) in [5, 5.41) is 0. The zero-order valence-corrected chi connectivity index (χ0v) is 15.7. The summed E-state index contributed by atoms with van der Waals surface area (Å²) in [6.45, 7) is 7.37. The van der Waals surface area contributed by atoms with Gasteiger partial charge in [0.1, 0.15) is 5.82 Å². The first-order valence-electron chi connectivity index (χ1n) is 8.84. The predicted octanol–water partition coefficient (Wildman–Crippen LogP) is 3.16. The summed E-state index contributed by atoms with van der Waals surface area (Å²) >= 11 is 0. The van der Waals surface area contributed by atoms with Crippen molar-refractivity contribution in [3.8, 4) is 0 Å². The maximum atomic E-state index is 13.0. The van der Waals surface area contributed by atoms with Gasteiger partial charge in [-0.1, -0.05) is 6.92 Å². The number of hydrogen-bond acceptors (Lipinski definition) is 4. The molecule has 0 bridgehead atoms. The highest BCUT2D eigenvalue weighted by Gasteiger charge is 2.17. The van der Waals surface area contributed by atoms with Crippen molar-refractivity contribution >= 4 is 21.4 Å². The molecular weight excluding hydrogens is 353 g/mol. The van der Waals surface area contributed by atoms with Gasteiger partial charge in [-0.15, -0.1) is 0 Å². The minimum absolute atomic E-state index is 0.0371. The maximum Gasteiger partial charge on any atom is 0.261 e. The van der Waals surface area contributed by atoms with Gasteiger partial charge in [-0.3, -0.25) is 9.62 Å². The van der Waals surface area contributed by atoms with E-state index >= 15 is 0 Å². The molecule has 5 nitrogen and oxygen atoms in total. The number of nitrogens with one attached hydrogen (secondary N) is 1. The second-order valence-electron chi connectivity index (χ2n) is 6.43. The predicted molar refractivity (Wildman–Crippen MR) is 103 cm³/mol. The Hall–Kier alpha value is -2.12. The van der Waals surface area contributed by atoms with Crippen molar-refractivity contribution in [2.45, 2.75) is 18.2 Å². The van der Waals surface area contributed by atoms with Crippen molar-refractivity contribution < 1.29 is 12.8 Å². The second-order valence-corrected chi connectivity index (χ2v) is 8.12. The van der Waals surface area contributed by atoms with Crippen molar-refractivity contribution in [1.82, 2.24) is 4.90 Å². The Kier molecular flexibility index (Phi) is 5.78. The Morgan fingerprint density at radius 3 is 2.15 bits per heavy atom. The molecular formula is C19H24FN3O2S. The third-order valence-electron chi connectivity index (χ3n) is 4.52. The minimum Gasteiger partial charge on any atom is -0.369 e. The summed E-state index contributed by atoms with van der Waals surface area (Å²) < 4.78 is 40.2. The highest BCUT2D eigenvalue weighted by atomic mass is 32.2. The molecule has 0 unspecified atom stereocenters. The number of benzene rings is 2. The fourth-order valence-corrected chi connectivity index (χ4v) is 4.17. The standard InChI is InChI=1S/C19H24FN3O2S/c1-2-11-22-12-14-23(15-13-22)18-7-5-17(6-8-18)21-26(24,25)19-9-3-16(20)4-10-19/h3-10,21H,2,11-15H2,1H3. The monoisotopic (exact) mass is 377 g/mol. The number of anilines is 2. The third-order valence-corrected chi connectivity index (χ3v) is 5.92. The Bertz CT molecular complexity index is 815. The second kappa shape index (κ2) is 8.05. The highest BCUT2D eigenvalue weighted by molar-refractivity contribution is 7.92. The smallest absolute Gasteiger partial charge is 0.261 e. The van der Waals surface area contributed by atoms with Crippen LogP contribution in [0.15, 0.2) is 53.4 Å². The average Bonchev–Trinajstić information content (AvgIpc) is 2.63. The summed E-state index contributed by atoms with van der Waals surface area (Å²) in [5.74, 6) is -0.465. The Morgan fingerprint density at radius 2 is 1.58 bits per heavy atom. The fourth-order valence-electron chi connectivity index (χ4n) is 3.11. The van der Waals surface area contributed by atoms with E-state index in [4.69, 9.17) is 0 Å². The van der Waals surface area contributed by atoms with Gasteiger partial charge in [0.25, 0.3) is 10.0 Å². The molecule has 7 heteroatoms. The van der Waals surface area contributed by atoms with E-state index in [1.54, 1.807) is 12.1 Å². The molecule has 1 heterocycles. The normalized spacial score (nSPS) is 15.8. The molecule has 2 aromatic rings.